The summed E-state index contributed by atoms with van der Waals surface area (Å²) >= 11 is 0. The molecule has 0 saturated heterocycles. The third kappa shape index (κ3) is 3.01. The van der Waals surface area contributed by atoms with Crippen molar-refractivity contribution in [3.8, 4) is 0 Å². The fourth-order valence-corrected chi connectivity index (χ4v) is 1.22. The summed E-state index contributed by atoms with van der Waals surface area (Å²) < 4.78 is 0. The van der Waals surface area contributed by atoms with Gasteiger partial charge in [0.15, 0.2) is 0 Å². The SMILES string of the molecule is CC(C)(C)Nc1cc([N+](=O)[O-])ccc1N=O. The molecule has 0 spiro atoms. The molecule has 1 N–H and O–H groups in total. The molecule has 1 rings (SSSR count). The second kappa shape index (κ2) is 4.26. The molecule has 0 atom stereocenters. The second-order valence-electron chi connectivity index (χ2n) is 4.42. The van der Waals surface area contributed by atoms with Gasteiger partial charge in [0, 0.05) is 17.7 Å². The lowest BCUT2D eigenvalue weighted by Gasteiger charge is -2.22. The van der Waals surface area contributed by atoms with Crippen molar-refractivity contribution >= 4 is 17.1 Å². The molecule has 16 heavy (non-hydrogen) atoms. The van der Waals surface area contributed by atoms with E-state index in [1.165, 1.54) is 18.2 Å². The molecule has 1 aromatic rings. The molecule has 0 amide bonds. The predicted octanol–water partition coefficient (Wildman–Crippen LogP) is 3.20. The fourth-order valence-electron chi connectivity index (χ4n) is 1.22. The molecule has 86 valence electrons. The average molecular weight is 223 g/mol. The Morgan fingerprint density at radius 1 is 1.38 bits per heavy atom. The summed E-state index contributed by atoms with van der Waals surface area (Å²) in [6, 6.07) is 3.89. The highest BCUT2D eigenvalue weighted by atomic mass is 16.6. The van der Waals surface area contributed by atoms with Gasteiger partial charge >= 0.3 is 0 Å². The minimum absolute atomic E-state index is 0.0702. The van der Waals surface area contributed by atoms with Gasteiger partial charge in [-0.1, -0.05) is 0 Å². The van der Waals surface area contributed by atoms with E-state index in [0.29, 0.717) is 5.69 Å². The Labute approximate surface area is 92.8 Å². The van der Waals surface area contributed by atoms with Crippen LogP contribution >= 0.6 is 0 Å². The molecule has 0 bridgehead atoms. The molecule has 6 nitrogen and oxygen atoms in total. The Bertz CT molecular complexity index is 424. The first-order chi connectivity index (χ1) is 7.33. The van der Waals surface area contributed by atoms with Crippen LogP contribution in [-0.4, -0.2) is 10.5 Å². The molecular formula is C10H13N3O3. The zero-order valence-electron chi connectivity index (χ0n) is 9.35. The van der Waals surface area contributed by atoms with Gasteiger partial charge in [-0.25, -0.2) is 0 Å². The van der Waals surface area contributed by atoms with E-state index in [-0.39, 0.29) is 16.9 Å². The number of anilines is 1. The molecular weight excluding hydrogens is 210 g/mol. The number of hydrogen-bond acceptors (Lipinski definition) is 5. The van der Waals surface area contributed by atoms with E-state index in [9.17, 15) is 15.0 Å². The van der Waals surface area contributed by atoms with Crippen LogP contribution in [0.25, 0.3) is 0 Å². The third-order valence-electron chi connectivity index (χ3n) is 1.80. The van der Waals surface area contributed by atoms with E-state index in [1.54, 1.807) is 0 Å². The standard InChI is InChI=1S/C10H13N3O3/c1-10(2,3)11-9-6-7(13(15)16)4-5-8(9)12-14/h4-6,11H,1-3H3. The highest BCUT2D eigenvalue weighted by molar-refractivity contribution is 5.69. The summed E-state index contributed by atoms with van der Waals surface area (Å²) in [5.74, 6) is 0. The molecule has 0 aliphatic heterocycles. The van der Waals surface area contributed by atoms with Crippen LogP contribution in [0.2, 0.25) is 0 Å². The number of non-ortho nitro benzene ring substituents is 1. The molecule has 0 aliphatic rings. The number of nitro benzene ring substituents is 1. The van der Waals surface area contributed by atoms with Crippen molar-refractivity contribution in [1.82, 2.24) is 0 Å². The molecule has 0 heterocycles. The van der Waals surface area contributed by atoms with Crippen LogP contribution in [-0.2, 0) is 0 Å². The maximum atomic E-state index is 10.6. The maximum Gasteiger partial charge on any atom is 0.271 e. The first-order valence-corrected chi connectivity index (χ1v) is 4.73. The van der Waals surface area contributed by atoms with Crippen LogP contribution in [0.4, 0.5) is 17.1 Å². The van der Waals surface area contributed by atoms with Crippen molar-refractivity contribution in [2.75, 3.05) is 5.32 Å². The Morgan fingerprint density at radius 3 is 2.44 bits per heavy atom. The van der Waals surface area contributed by atoms with E-state index in [4.69, 9.17) is 0 Å². The zero-order valence-corrected chi connectivity index (χ0v) is 9.35. The van der Waals surface area contributed by atoms with Crippen LogP contribution in [0.1, 0.15) is 20.8 Å². The Balaban J connectivity index is 3.17. The third-order valence-corrected chi connectivity index (χ3v) is 1.80. The summed E-state index contributed by atoms with van der Waals surface area (Å²) in [7, 11) is 0. The summed E-state index contributed by atoms with van der Waals surface area (Å²) in [6.07, 6.45) is 0. The summed E-state index contributed by atoms with van der Waals surface area (Å²) in [6.45, 7) is 5.67. The molecule has 0 radical (unpaired) electrons. The van der Waals surface area contributed by atoms with E-state index >= 15 is 0 Å². The van der Waals surface area contributed by atoms with Gasteiger partial charge in [-0.15, -0.1) is 4.91 Å². The highest BCUT2D eigenvalue weighted by Gasteiger charge is 2.16. The monoisotopic (exact) mass is 223 g/mol. The summed E-state index contributed by atoms with van der Waals surface area (Å²) in [5, 5.41) is 16.4. The lowest BCUT2D eigenvalue weighted by Crippen LogP contribution is -2.26. The predicted molar refractivity (Wildman–Crippen MR) is 61.9 cm³/mol. The number of nitro groups is 1. The van der Waals surface area contributed by atoms with Gasteiger partial charge in [-0.05, 0) is 32.0 Å². The number of nitrogens with one attached hydrogen (secondary N) is 1. The molecule has 0 aromatic heterocycles. The van der Waals surface area contributed by atoms with E-state index in [1.807, 2.05) is 20.8 Å². The zero-order chi connectivity index (χ0) is 12.3. The Hall–Kier alpha value is -1.98. The van der Waals surface area contributed by atoms with Crippen LogP contribution in [0.5, 0.6) is 0 Å². The number of rotatable bonds is 3. The lowest BCUT2D eigenvalue weighted by atomic mass is 10.1. The first kappa shape index (κ1) is 12.1. The first-order valence-electron chi connectivity index (χ1n) is 4.73. The Morgan fingerprint density at radius 2 is 2.00 bits per heavy atom. The normalized spacial score (nSPS) is 10.9. The average Bonchev–Trinajstić information content (AvgIpc) is 2.15. The van der Waals surface area contributed by atoms with Gasteiger partial charge in [0.05, 0.1) is 10.6 Å². The molecule has 0 saturated carbocycles. The molecule has 6 heteroatoms. The number of nitrogens with zero attached hydrogens (tertiary/aromatic N) is 2. The fraction of sp³-hybridized carbons (Fsp3) is 0.400. The van der Waals surface area contributed by atoms with Crippen molar-refractivity contribution in [2.24, 2.45) is 5.18 Å². The summed E-state index contributed by atoms with van der Waals surface area (Å²) in [5.41, 5.74) is 0.172. The van der Waals surface area contributed by atoms with Crippen LogP contribution in [0, 0.1) is 15.0 Å². The smallest absolute Gasteiger partial charge is 0.271 e. The van der Waals surface area contributed by atoms with Gasteiger partial charge < -0.3 is 5.32 Å². The van der Waals surface area contributed by atoms with Crippen molar-refractivity contribution in [2.45, 2.75) is 26.3 Å². The van der Waals surface area contributed by atoms with Crippen molar-refractivity contribution in [3.05, 3.63) is 33.2 Å². The van der Waals surface area contributed by atoms with E-state index in [0.717, 1.165) is 0 Å². The van der Waals surface area contributed by atoms with Crippen LogP contribution in [0.15, 0.2) is 23.4 Å². The van der Waals surface area contributed by atoms with E-state index in [2.05, 4.69) is 10.5 Å². The van der Waals surface area contributed by atoms with E-state index < -0.39 is 4.92 Å². The van der Waals surface area contributed by atoms with Gasteiger partial charge in [0.1, 0.15) is 5.69 Å². The number of hydrogen-bond donors (Lipinski definition) is 1. The highest BCUT2D eigenvalue weighted by Crippen LogP contribution is 2.31. The molecule has 1 aromatic carbocycles. The molecule has 0 aliphatic carbocycles. The van der Waals surface area contributed by atoms with Crippen LogP contribution in [0.3, 0.4) is 0 Å². The topological polar surface area (TPSA) is 84.6 Å². The quantitative estimate of drug-likeness (QED) is 0.484. The van der Waals surface area contributed by atoms with Crippen molar-refractivity contribution in [3.63, 3.8) is 0 Å². The van der Waals surface area contributed by atoms with Crippen molar-refractivity contribution < 1.29 is 4.92 Å². The van der Waals surface area contributed by atoms with Gasteiger partial charge in [-0.3, -0.25) is 10.1 Å². The Kier molecular flexibility index (Phi) is 3.22. The van der Waals surface area contributed by atoms with Gasteiger partial charge in [0.2, 0.25) is 0 Å². The van der Waals surface area contributed by atoms with Crippen LogP contribution < -0.4 is 5.32 Å². The van der Waals surface area contributed by atoms with Crippen molar-refractivity contribution in [1.29, 1.82) is 0 Å². The van der Waals surface area contributed by atoms with Gasteiger partial charge in [-0.2, -0.15) is 0 Å². The minimum atomic E-state index is -0.511. The largest absolute Gasteiger partial charge is 0.378 e. The maximum absolute atomic E-state index is 10.6. The number of nitroso groups, excluding NO2 is 1. The summed E-state index contributed by atoms with van der Waals surface area (Å²) in [4.78, 5) is 20.6. The molecule has 0 unspecified atom stereocenters. The molecule has 0 fully saturated rings. The van der Waals surface area contributed by atoms with Gasteiger partial charge in [0.25, 0.3) is 5.69 Å². The second-order valence-corrected chi connectivity index (χ2v) is 4.42. The number of benzene rings is 1. The minimum Gasteiger partial charge on any atom is -0.378 e. The lowest BCUT2D eigenvalue weighted by molar-refractivity contribution is -0.384.